The number of aromatic nitrogens is 2. The summed E-state index contributed by atoms with van der Waals surface area (Å²) in [6, 6.07) is 7.05. The van der Waals surface area contributed by atoms with Crippen LogP contribution in [0.1, 0.15) is 29.8 Å². The smallest absolute Gasteiger partial charge is 0.270 e. The molecule has 2 aliphatic rings. The van der Waals surface area contributed by atoms with Gasteiger partial charge >= 0.3 is 0 Å². The number of fused-ring (bicyclic) bond motifs is 3. The number of nitrogens with zero attached hydrogens (tertiary/aromatic N) is 2. The Balaban J connectivity index is 1.53. The average molecular weight is 256 g/mol. The molecule has 2 aromatic heterocycles. The number of hydrogen-bond donors (Lipinski definition) is 2. The zero-order valence-electron chi connectivity index (χ0n) is 10.5. The second kappa shape index (κ2) is 4.06. The average Bonchev–Trinajstić information content (AvgIpc) is 3.13. The van der Waals surface area contributed by atoms with Crippen molar-refractivity contribution in [2.24, 2.45) is 0 Å². The largest absolute Gasteiger partial charge is 0.346 e. The first-order valence-electron chi connectivity index (χ1n) is 6.79. The van der Waals surface area contributed by atoms with E-state index in [0.717, 1.165) is 11.9 Å². The van der Waals surface area contributed by atoms with Crippen LogP contribution < -0.4 is 10.6 Å². The molecule has 4 rings (SSSR count). The lowest BCUT2D eigenvalue weighted by Crippen LogP contribution is -2.43. The number of amides is 1. The van der Waals surface area contributed by atoms with Gasteiger partial charge < -0.3 is 15.0 Å². The molecule has 19 heavy (non-hydrogen) atoms. The highest BCUT2D eigenvalue weighted by Gasteiger charge is 2.39. The standard InChI is InChI=1S/C14H16N4O/c19-14(17-12-6-9-3-4-11(12)16-9)13-7-10-2-1-5-18(10)8-15-13/h1-2,5,7-9,11-12,16H,3-4,6H2,(H,17,19)/t9-,11+,12?/m0/s1. The monoisotopic (exact) mass is 256 g/mol. The van der Waals surface area contributed by atoms with E-state index in [2.05, 4.69) is 15.6 Å². The first-order chi connectivity index (χ1) is 9.29. The number of rotatable bonds is 2. The van der Waals surface area contributed by atoms with Gasteiger partial charge in [-0.1, -0.05) is 0 Å². The molecule has 4 heterocycles. The van der Waals surface area contributed by atoms with E-state index in [1.54, 1.807) is 6.33 Å². The maximum atomic E-state index is 12.2. The normalized spacial score (nSPS) is 28.9. The van der Waals surface area contributed by atoms with Gasteiger partial charge in [0.2, 0.25) is 0 Å². The minimum Gasteiger partial charge on any atom is -0.346 e. The molecule has 5 heteroatoms. The lowest BCUT2D eigenvalue weighted by atomic mass is 9.95. The Labute approximate surface area is 111 Å². The molecule has 1 amide bonds. The van der Waals surface area contributed by atoms with Crippen molar-refractivity contribution in [1.29, 1.82) is 0 Å². The molecule has 0 aromatic carbocycles. The zero-order valence-corrected chi connectivity index (χ0v) is 10.5. The molecule has 5 nitrogen and oxygen atoms in total. The first-order valence-corrected chi connectivity index (χ1v) is 6.79. The van der Waals surface area contributed by atoms with E-state index in [1.165, 1.54) is 12.8 Å². The fourth-order valence-corrected chi connectivity index (χ4v) is 3.29. The Bertz CT molecular complexity index is 635. The van der Waals surface area contributed by atoms with Gasteiger partial charge in [-0.2, -0.15) is 0 Å². The summed E-state index contributed by atoms with van der Waals surface area (Å²) in [5.41, 5.74) is 1.49. The SMILES string of the molecule is O=C(NC1C[C@@H]2CC[C@H]1N2)c1cc2cccn2cn1. The third-order valence-electron chi connectivity index (χ3n) is 4.27. The van der Waals surface area contributed by atoms with Crippen LogP contribution in [0.5, 0.6) is 0 Å². The summed E-state index contributed by atoms with van der Waals surface area (Å²) in [5.74, 6) is -0.0666. The second-order valence-corrected chi connectivity index (χ2v) is 5.48. The van der Waals surface area contributed by atoms with Crippen LogP contribution in [0.3, 0.4) is 0 Å². The first kappa shape index (κ1) is 11.0. The maximum absolute atomic E-state index is 12.2. The van der Waals surface area contributed by atoms with Crippen LogP contribution in [0.25, 0.3) is 5.52 Å². The van der Waals surface area contributed by atoms with Crippen molar-refractivity contribution in [2.45, 2.75) is 37.4 Å². The Kier molecular flexibility index (Phi) is 2.35. The third kappa shape index (κ3) is 1.81. The molecule has 0 spiro atoms. The Hall–Kier alpha value is -1.88. The molecule has 2 aliphatic heterocycles. The van der Waals surface area contributed by atoms with Crippen molar-refractivity contribution in [3.05, 3.63) is 36.4 Å². The molecule has 2 aromatic rings. The number of hydrogen-bond acceptors (Lipinski definition) is 3. The van der Waals surface area contributed by atoms with E-state index >= 15 is 0 Å². The van der Waals surface area contributed by atoms with Gasteiger partial charge in [-0.05, 0) is 37.5 Å². The van der Waals surface area contributed by atoms with Gasteiger partial charge in [0.1, 0.15) is 5.69 Å². The van der Waals surface area contributed by atoms with Crippen LogP contribution in [0, 0.1) is 0 Å². The molecule has 2 saturated heterocycles. The Morgan fingerprint density at radius 1 is 1.47 bits per heavy atom. The highest BCUT2D eigenvalue weighted by atomic mass is 16.2. The summed E-state index contributed by atoms with van der Waals surface area (Å²) in [7, 11) is 0. The second-order valence-electron chi connectivity index (χ2n) is 5.48. The molecule has 0 aliphatic carbocycles. The third-order valence-corrected chi connectivity index (χ3v) is 4.27. The number of carbonyl (C=O) groups excluding carboxylic acids is 1. The fourth-order valence-electron chi connectivity index (χ4n) is 3.29. The van der Waals surface area contributed by atoms with Crippen LogP contribution in [0.15, 0.2) is 30.7 Å². The molecule has 0 radical (unpaired) electrons. The summed E-state index contributed by atoms with van der Waals surface area (Å²) < 4.78 is 1.90. The molecule has 98 valence electrons. The van der Waals surface area contributed by atoms with E-state index in [0.29, 0.717) is 17.8 Å². The topological polar surface area (TPSA) is 58.4 Å². The lowest BCUT2D eigenvalue weighted by Gasteiger charge is -2.21. The summed E-state index contributed by atoms with van der Waals surface area (Å²) in [4.78, 5) is 16.4. The highest BCUT2D eigenvalue weighted by molar-refractivity contribution is 5.93. The van der Waals surface area contributed by atoms with E-state index < -0.39 is 0 Å². The molecule has 2 fully saturated rings. The van der Waals surface area contributed by atoms with Crippen molar-refractivity contribution >= 4 is 11.4 Å². The van der Waals surface area contributed by atoms with Gasteiger partial charge in [0.15, 0.2) is 0 Å². The van der Waals surface area contributed by atoms with Crippen LogP contribution >= 0.6 is 0 Å². The predicted octanol–water partition coefficient (Wildman–Crippen LogP) is 0.957. The minimum atomic E-state index is -0.0666. The van der Waals surface area contributed by atoms with Crippen molar-refractivity contribution in [2.75, 3.05) is 0 Å². The molecule has 0 saturated carbocycles. The van der Waals surface area contributed by atoms with Crippen molar-refractivity contribution in [3.8, 4) is 0 Å². The van der Waals surface area contributed by atoms with E-state index in [-0.39, 0.29) is 11.9 Å². The summed E-state index contributed by atoms with van der Waals surface area (Å²) in [5, 5.41) is 6.63. The van der Waals surface area contributed by atoms with Gasteiger partial charge in [0.25, 0.3) is 5.91 Å². The van der Waals surface area contributed by atoms with Crippen LogP contribution in [-0.2, 0) is 0 Å². The number of carbonyl (C=O) groups is 1. The van der Waals surface area contributed by atoms with E-state index in [4.69, 9.17) is 0 Å². The molecular weight excluding hydrogens is 240 g/mol. The lowest BCUT2D eigenvalue weighted by molar-refractivity contribution is 0.0926. The van der Waals surface area contributed by atoms with Crippen molar-refractivity contribution in [3.63, 3.8) is 0 Å². The van der Waals surface area contributed by atoms with Crippen molar-refractivity contribution in [1.82, 2.24) is 20.0 Å². The quantitative estimate of drug-likeness (QED) is 0.841. The minimum absolute atomic E-state index is 0.0666. The predicted molar refractivity (Wildman–Crippen MR) is 71.0 cm³/mol. The molecule has 2 bridgehead atoms. The fraction of sp³-hybridized carbons (Fsp3) is 0.429. The van der Waals surface area contributed by atoms with Crippen LogP contribution in [0.4, 0.5) is 0 Å². The number of nitrogens with one attached hydrogen (secondary N) is 2. The maximum Gasteiger partial charge on any atom is 0.270 e. The Morgan fingerprint density at radius 2 is 2.42 bits per heavy atom. The summed E-state index contributed by atoms with van der Waals surface area (Å²) in [6.07, 6.45) is 7.06. The van der Waals surface area contributed by atoms with Crippen LogP contribution in [-0.4, -0.2) is 33.4 Å². The van der Waals surface area contributed by atoms with Crippen LogP contribution in [0.2, 0.25) is 0 Å². The van der Waals surface area contributed by atoms with Crippen molar-refractivity contribution < 1.29 is 4.79 Å². The van der Waals surface area contributed by atoms with E-state index in [1.807, 2.05) is 28.8 Å². The van der Waals surface area contributed by atoms with Gasteiger partial charge in [-0.15, -0.1) is 0 Å². The van der Waals surface area contributed by atoms with Gasteiger partial charge in [-0.25, -0.2) is 4.98 Å². The van der Waals surface area contributed by atoms with Gasteiger partial charge in [0.05, 0.1) is 6.33 Å². The van der Waals surface area contributed by atoms with Gasteiger partial charge in [-0.3, -0.25) is 4.79 Å². The highest BCUT2D eigenvalue weighted by Crippen LogP contribution is 2.28. The summed E-state index contributed by atoms with van der Waals surface area (Å²) in [6.45, 7) is 0. The molecular formula is C14H16N4O. The Morgan fingerprint density at radius 3 is 3.21 bits per heavy atom. The molecule has 2 N–H and O–H groups in total. The molecule has 1 unspecified atom stereocenters. The summed E-state index contributed by atoms with van der Waals surface area (Å²) >= 11 is 0. The van der Waals surface area contributed by atoms with Gasteiger partial charge in [0, 0.05) is 29.8 Å². The zero-order chi connectivity index (χ0) is 12.8. The molecule has 3 atom stereocenters. The van der Waals surface area contributed by atoms with E-state index in [9.17, 15) is 4.79 Å².